The minimum Gasteiger partial charge on any atom is -0.399 e. The number of nitrogen functional groups attached to an aromatic ring is 1. The normalized spacial score (nSPS) is 12.5. The summed E-state index contributed by atoms with van der Waals surface area (Å²) in [5.74, 6) is 2.10. The lowest BCUT2D eigenvalue weighted by Gasteiger charge is -2.08. The lowest BCUT2D eigenvalue weighted by atomic mass is 9.98. The van der Waals surface area contributed by atoms with Crippen molar-refractivity contribution in [3.63, 3.8) is 0 Å². The lowest BCUT2D eigenvalue weighted by molar-refractivity contribution is 0.371. The largest absolute Gasteiger partial charge is 0.399 e. The van der Waals surface area contributed by atoms with Gasteiger partial charge < -0.3 is 14.8 Å². The number of rotatable bonds is 4. The van der Waals surface area contributed by atoms with E-state index < -0.39 is 0 Å². The van der Waals surface area contributed by atoms with Gasteiger partial charge in [0, 0.05) is 31.5 Å². The third kappa shape index (κ3) is 2.79. The molecule has 0 radical (unpaired) electrons. The van der Waals surface area contributed by atoms with Crippen LogP contribution in [0.4, 0.5) is 5.69 Å². The highest BCUT2D eigenvalue weighted by Gasteiger charge is 2.15. The van der Waals surface area contributed by atoms with Crippen LogP contribution in [-0.2, 0) is 13.5 Å². The van der Waals surface area contributed by atoms with Crippen molar-refractivity contribution in [3.8, 4) is 11.6 Å². The van der Waals surface area contributed by atoms with Crippen molar-refractivity contribution in [1.29, 1.82) is 0 Å². The minimum atomic E-state index is 0.278. The zero-order valence-electron chi connectivity index (χ0n) is 12.0. The van der Waals surface area contributed by atoms with E-state index in [1.165, 1.54) is 5.56 Å². The Kier molecular flexibility index (Phi) is 3.43. The van der Waals surface area contributed by atoms with Crippen LogP contribution in [0.2, 0.25) is 0 Å². The molecule has 2 N–H and O–H groups in total. The van der Waals surface area contributed by atoms with Crippen molar-refractivity contribution < 1.29 is 4.52 Å². The summed E-state index contributed by atoms with van der Waals surface area (Å²) in [4.78, 5) is 8.62. The molecule has 3 rings (SSSR count). The van der Waals surface area contributed by atoms with Crippen LogP contribution in [0.5, 0.6) is 0 Å². The van der Waals surface area contributed by atoms with E-state index in [1.807, 2.05) is 42.1 Å². The maximum atomic E-state index is 5.70. The van der Waals surface area contributed by atoms with Gasteiger partial charge in [-0.25, -0.2) is 4.98 Å². The summed E-state index contributed by atoms with van der Waals surface area (Å²) in [7, 11) is 1.90. The molecule has 0 aliphatic rings. The molecule has 3 aromatic rings. The van der Waals surface area contributed by atoms with Crippen LogP contribution in [0.1, 0.15) is 24.3 Å². The molecule has 0 spiro atoms. The van der Waals surface area contributed by atoms with E-state index in [0.29, 0.717) is 24.0 Å². The first-order valence-electron chi connectivity index (χ1n) is 6.79. The van der Waals surface area contributed by atoms with Crippen LogP contribution < -0.4 is 5.73 Å². The Bertz CT molecular complexity index is 729. The van der Waals surface area contributed by atoms with Gasteiger partial charge in [0.15, 0.2) is 5.82 Å². The van der Waals surface area contributed by atoms with Crippen molar-refractivity contribution in [2.24, 2.45) is 7.05 Å². The molecule has 108 valence electrons. The van der Waals surface area contributed by atoms with Gasteiger partial charge in [0.05, 0.1) is 0 Å². The molecule has 6 heteroatoms. The Hall–Kier alpha value is -2.63. The molecule has 1 atom stereocenters. The molecule has 0 fully saturated rings. The van der Waals surface area contributed by atoms with Crippen molar-refractivity contribution in [1.82, 2.24) is 19.7 Å². The van der Waals surface area contributed by atoms with Gasteiger partial charge >= 0.3 is 0 Å². The summed E-state index contributed by atoms with van der Waals surface area (Å²) >= 11 is 0. The molecule has 1 aromatic carbocycles. The summed E-state index contributed by atoms with van der Waals surface area (Å²) in [5.41, 5.74) is 7.66. The van der Waals surface area contributed by atoms with Crippen LogP contribution in [-0.4, -0.2) is 19.7 Å². The smallest absolute Gasteiger partial charge is 0.238 e. The van der Waals surface area contributed by atoms with Gasteiger partial charge in [-0.2, -0.15) is 4.98 Å². The highest BCUT2D eigenvalue weighted by molar-refractivity contribution is 5.42. The molecular formula is C15H17N5O. The molecule has 0 bridgehead atoms. The number of imidazole rings is 1. The Morgan fingerprint density at radius 3 is 2.71 bits per heavy atom. The van der Waals surface area contributed by atoms with Gasteiger partial charge in [0.25, 0.3) is 0 Å². The van der Waals surface area contributed by atoms with Crippen LogP contribution in [0.25, 0.3) is 11.6 Å². The third-order valence-corrected chi connectivity index (χ3v) is 3.48. The number of nitrogens with two attached hydrogens (primary N) is 1. The second-order valence-electron chi connectivity index (χ2n) is 5.15. The van der Waals surface area contributed by atoms with E-state index in [-0.39, 0.29) is 5.92 Å². The summed E-state index contributed by atoms with van der Waals surface area (Å²) in [6.07, 6.45) is 4.24. The van der Waals surface area contributed by atoms with Crippen LogP contribution in [0.3, 0.4) is 0 Å². The summed E-state index contributed by atoms with van der Waals surface area (Å²) in [6, 6.07) is 7.85. The minimum absolute atomic E-state index is 0.278. The van der Waals surface area contributed by atoms with E-state index in [2.05, 4.69) is 22.0 Å². The highest BCUT2D eigenvalue weighted by Crippen LogP contribution is 2.22. The maximum absolute atomic E-state index is 5.70. The lowest BCUT2D eigenvalue weighted by Crippen LogP contribution is -1.99. The van der Waals surface area contributed by atoms with Gasteiger partial charge in [-0.05, 0) is 23.6 Å². The zero-order chi connectivity index (χ0) is 14.8. The Morgan fingerprint density at radius 2 is 2.05 bits per heavy atom. The second-order valence-corrected chi connectivity index (χ2v) is 5.15. The van der Waals surface area contributed by atoms with Crippen molar-refractivity contribution in [2.75, 3.05) is 5.73 Å². The van der Waals surface area contributed by atoms with Gasteiger partial charge in [0.2, 0.25) is 11.7 Å². The molecule has 6 nitrogen and oxygen atoms in total. The SMILES string of the molecule is CC(Cc1nc(-c2nccn2C)no1)c1ccc(N)cc1. The zero-order valence-corrected chi connectivity index (χ0v) is 12.0. The Morgan fingerprint density at radius 1 is 1.29 bits per heavy atom. The predicted molar refractivity (Wildman–Crippen MR) is 79.5 cm³/mol. The number of aromatic nitrogens is 4. The molecule has 0 aliphatic carbocycles. The van der Waals surface area contributed by atoms with Gasteiger partial charge in [-0.15, -0.1) is 0 Å². The standard InChI is InChI=1S/C15H17N5O/c1-10(11-3-5-12(16)6-4-11)9-13-18-14(19-21-13)15-17-7-8-20(15)2/h3-8,10H,9,16H2,1-2H3. The van der Waals surface area contributed by atoms with E-state index >= 15 is 0 Å². The topological polar surface area (TPSA) is 82.8 Å². The van der Waals surface area contributed by atoms with E-state index in [9.17, 15) is 0 Å². The maximum Gasteiger partial charge on any atom is 0.238 e. The molecule has 2 aromatic heterocycles. The van der Waals surface area contributed by atoms with E-state index in [4.69, 9.17) is 10.3 Å². The second kappa shape index (κ2) is 5.40. The molecule has 21 heavy (non-hydrogen) atoms. The van der Waals surface area contributed by atoms with Crippen LogP contribution >= 0.6 is 0 Å². The highest BCUT2D eigenvalue weighted by atomic mass is 16.5. The molecule has 0 saturated heterocycles. The predicted octanol–water partition coefficient (Wildman–Crippen LogP) is 2.40. The first-order valence-corrected chi connectivity index (χ1v) is 6.79. The summed E-state index contributed by atoms with van der Waals surface area (Å²) < 4.78 is 7.18. The Labute approximate surface area is 122 Å². The van der Waals surface area contributed by atoms with Gasteiger partial charge in [0.1, 0.15) is 0 Å². The van der Waals surface area contributed by atoms with Crippen molar-refractivity contribution in [2.45, 2.75) is 19.3 Å². The number of aryl methyl sites for hydroxylation is 1. The number of hydrogen-bond acceptors (Lipinski definition) is 5. The molecule has 0 saturated carbocycles. The fourth-order valence-corrected chi connectivity index (χ4v) is 2.21. The molecule has 2 heterocycles. The van der Waals surface area contributed by atoms with E-state index in [0.717, 1.165) is 5.69 Å². The summed E-state index contributed by atoms with van der Waals surface area (Å²) in [5, 5.41) is 3.99. The first-order chi connectivity index (χ1) is 10.1. The average Bonchev–Trinajstić information content (AvgIpc) is 3.08. The fraction of sp³-hybridized carbons (Fsp3) is 0.267. The van der Waals surface area contributed by atoms with E-state index in [1.54, 1.807) is 6.20 Å². The summed E-state index contributed by atoms with van der Waals surface area (Å²) in [6.45, 7) is 2.12. The molecular weight excluding hydrogens is 266 g/mol. The van der Waals surface area contributed by atoms with Gasteiger partial charge in [-0.1, -0.05) is 24.2 Å². The first kappa shape index (κ1) is 13.4. The molecule has 0 aliphatic heterocycles. The Balaban J connectivity index is 1.75. The van der Waals surface area contributed by atoms with Crippen LogP contribution in [0, 0.1) is 0 Å². The molecule has 0 amide bonds. The van der Waals surface area contributed by atoms with Crippen molar-refractivity contribution >= 4 is 5.69 Å². The number of benzene rings is 1. The average molecular weight is 283 g/mol. The fourth-order valence-electron chi connectivity index (χ4n) is 2.21. The quantitative estimate of drug-likeness (QED) is 0.743. The number of anilines is 1. The third-order valence-electron chi connectivity index (χ3n) is 3.48. The van der Waals surface area contributed by atoms with Crippen LogP contribution in [0.15, 0.2) is 41.2 Å². The number of nitrogens with zero attached hydrogens (tertiary/aromatic N) is 4. The van der Waals surface area contributed by atoms with Gasteiger partial charge in [-0.3, -0.25) is 0 Å². The molecule has 1 unspecified atom stereocenters. The number of hydrogen-bond donors (Lipinski definition) is 1. The monoisotopic (exact) mass is 283 g/mol. The van der Waals surface area contributed by atoms with Crippen molar-refractivity contribution in [3.05, 3.63) is 48.1 Å².